The number of hydrogen-bond donors (Lipinski definition) is 0. The Kier molecular flexibility index (Phi) is 6.10. The number of allylic oxidation sites excluding steroid dienone is 2. The zero-order chi connectivity index (χ0) is 18.6. The van der Waals surface area contributed by atoms with E-state index in [4.69, 9.17) is 0 Å². The molecule has 0 aromatic heterocycles. The molecule has 2 unspecified atom stereocenters. The Hall–Kier alpha value is -2.46. The van der Waals surface area contributed by atoms with Crippen LogP contribution in [-0.4, -0.2) is 21.5 Å². The van der Waals surface area contributed by atoms with E-state index < -0.39 is 16.8 Å². The fourth-order valence-electron chi connectivity index (χ4n) is 2.95. The summed E-state index contributed by atoms with van der Waals surface area (Å²) in [6, 6.07) is 8.41. The molecule has 6 nitrogen and oxygen atoms in total. The Bertz CT molecular complexity index is 808. The summed E-state index contributed by atoms with van der Waals surface area (Å²) in [7, 11) is 0. The maximum atomic E-state index is 12.2. The van der Waals surface area contributed by atoms with E-state index in [0.717, 1.165) is 12.2 Å². The van der Waals surface area contributed by atoms with E-state index >= 15 is 0 Å². The second kappa shape index (κ2) is 8.08. The lowest BCUT2D eigenvalue weighted by Crippen LogP contribution is -2.28. The van der Waals surface area contributed by atoms with Gasteiger partial charge >= 0.3 is 0 Å². The summed E-state index contributed by atoms with van der Waals surface area (Å²) in [6.45, 7) is 5.23. The minimum atomic E-state index is -0.624. The lowest BCUT2D eigenvalue weighted by atomic mass is 9.77. The number of non-ortho nitro benzene ring substituents is 1. The van der Waals surface area contributed by atoms with Crippen LogP contribution in [0.5, 0.6) is 0 Å². The predicted molar refractivity (Wildman–Crippen MR) is 98.5 cm³/mol. The highest BCUT2D eigenvalue weighted by molar-refractivity contribution is 8.14. The van der Waals surface area contributed by atoms with E-state index in [-0.39, 0.29) is 11.5 Å². The first-order chi connectivity index (χ1) is 11.9. The summed E-state index contributed by atoms with van der Waals surface area (Å²) < 4.78 is 0. The average molecular weight is 357 g/mol. The molecule has 0 spiro atoms. The first-order valence-electron chi connectivity index (χ1n) is 7.97. The third kappa shape index (κ3) is 3.97. The number of aliphatic imine (C=N–C) groups is 1. The molecule has 0 N–H and O–H groups in total. The number of hydrogen-bond acceptors (Lipinski definition) is 6. The predicted octanol–water partition coefficient (Wildman–Crippen LogP) is 4.24. The Labute approximate surface area is 150 Å². The maximum absolute atomic E-state index is 12.2. The number of ketones is 1. The zero-order valence-electron chi connectivity index (χ0n) is 14.4. The van der Waals surface area contributed by atoms with Crippen molar-refractivity contribution in [3.8, 4) is 6.07 Å². The lowest BCUT2D eigenvalue weighted by Gasteiger charge is -2.29. The number of nitriles is 1. The number of thioether (sulfide) groups is 1. The first-order valence-corrected chi connectivity index (χ1v) is 8.96. The van der Waals surface area contributed by atoms with E-state index in [1.807, 2.05) is 6.92 Å². The largest absolute Gasteiger partial charge is 0.295 e. The molecule has 0 aliphatic carbocycles. The summed E-state index contributed by atoms with van der Waals surface area (Å²) >= 11 is 1.50. The van der Waals surface area contributed by atoms with Crippen molar-refractivity contribution in [2.45, 2.75) is 33.1 Å². The van der Waals surface area contributed by atoms with Crippen LogP contribution in [0.4, 0.5) is 5.69 Å². The summed E-state index contributed by atoms with van der Waals surface area (Å²) in [5.41, 5.74) is 1.57. The normalized spacial score (nSPS) is 20.0. The summed E-state index contributed by atoms with van der Waals surface area (Å²) in [4.78, 5) is 27.3. The molecule has 2 rings (SSSR count). The van der Waals surface area contributed by atoms with Gasteiger partial charge in [-0.05, 0) is 31.6 Å². The fourth-order valence-corrected chi connectivity index (χ4v) is 3.94. The Morgan fingerprint density at radius 1 is 1.48 bits per heavy atom. The highest BCUT2D eigenvalue weighted by Crippen LogP contribution is 2.42. The van der Waals surface area contributed by atoms with Crippen molar-refractivity contribution < 1.29 is 9.72 Å². The van der Waals surface area contributed by atoms with Crippen molar-refractivity contribution in [2.24, 2.45) is 10.9 Å². The molecule has 1 aromatic rings. The molecule has 0 saturated carbocycles. The van der Waals surface area contributed by atoms with Crippen molar-refractivity contribution in [3.05, 3.63) is 51.2 Å². The smallest absolute Gasteiger partial charge is 0.269 e. The van der Waals surface area contributed by atoms with Crippen LogP contribution in [0.2, 0.25) is 0 Å². The van der Waals surface area contributed by atoms with Crippen LogP contribution in [0.1, 0.15) is 38.7 Å². The number of Topliss-reactive ketones (excluding diaryl/α,β-unsaturated/α-hetero) is 1. The first kappa shape index (κ1) is 18.9. The van der Waals surface area contributed by atoms with Crippen molar-refractivity contribution >= 4 is 28.3 Å². The number of benzene rings is 1. The minimum absolute atomic E-state index is 0.0555. The quantitative estimate of drug-likeness (QED) is 0.580. The standard InChI is InChI=1S/C18H19N3O3S/c1-4-8-25-18-15(10-19)17(16(12(3)22)11(2)20-18)13-6-5-7-14(9-13)21(23)24/h5-7,9,15,17H,4,8H2,1-3H3. The summed E-state index contributed by atoms with van der Waals surface area (Å²) in [6.07, 6.45) is 0.936. The number of nitro benzene ring substituents is 1. The zero-order valence-corrected chi connectivity index (χ0v) is 15.2. The second-order valence-corrected chi connectivity index (χ2v) is 6.91. The van der Waals surface area contributed by atoms with Gasteiger partial charge in [-0.1, -0.05) is 19.1 Å². The number of carbonyl (C=O) groups excluding carboxylic acids is 1. The van der Waals surface area contributed by atoms with Crippen molar-refractivity contribution in [1.29, 1.82) is 5.26 Å². The minimum Gasteiger partial charge on any atom is -0.295 e. The van der Waals surface area contributed by atoms with E-state index in [1.54, 1.807) is 19.1 Å². The Morgan fingerprint density at radius 3 is 2.76 bits per heavy atom. The van der Waals surface area contributed by atoms with Gasteiger partial charge in [-0.2, -0.15) is 5.26 Å². The molecule has 0 fully saturated rings. The Morgan fingerprint density at radius 2 is 2.20 bits per heavy atom. The number of carbonyl (C=O) groups is 1. The van der Waals surface area contributed by atoms with Gasteiger partial charge in [-0.3, -0.25) is 14.9 Å². The third-order valence-corrected chi connectivity index (χ3v) is 5.24. The molecular formula is C18H19N3O3S. The van der Waals surface area contributed by atoms with Gasteiger partial charge in [0.1, 0.15) is 5.92 Å². The third-order valence-electron chi connectivity index (χ3n) is 3.99. The van der Waals surface area contributed by atoms with Gasteiger partial charge in [-0.25, -0.2) is 4.99 Å². The molecule has 1 aliphatic rings. The van der Waals surface area contributed by atoms with E-state index in [0.29, 0.717) is 21.9 Å². The van der Waals surface area contributed by atoms with Crippen LogP contribution in [0, 0.1) is 27.4 Å². The highest BCUT2D eigenvalue weighted by Gasteiger charge is 2.37. The van der Waals surface area contributed by atoms with Gasteiger partial charge in [0.2, 0.25) is 0 Å². The van der Waals surface area contributed by atoms with Gasteiger partial charge in [0.25, 0.3) is 5.69 Å². The molecular weight excluding hydrogens is 338 g/mol. The second-order valence-electron chi connectivity index (χ2n) is 5.79. The van der Waals surface area contributed by atoms with Gasteiger partial charge in [0, 0.05) is 29.3 Å². The SMILES string of the molecule is CCCSC1=NC(C)=C(C(C)=O)C(c2cccc([N+](=O)[O-])c2)C1C#N. The van der Waals surface area contributed by atoms with E-state index in [2.05, 4.69) is 11.1 Å². The Balaban J connectivity index is 2.61. The summed E-state index contributed by atoms with van der Waals surface area (Å²) in [5.74, 6) is -0.514. The topological polar surface area (TPSA) is 96.4 Å². The van der Waals surface area contributed by atoms with Crippen LogP contribution in [0.3, 0.4) is 0 Å². The van der Waals surface area contributed by atoms with Crippen LogP contribution in [0.15, 0.2) is 40.5 Å². The summed E-state index contributed by atoms with van der Waals surface area (Å²) in [5, 5.41) is 21.5. The van der Waals surface area contributed by atoms with E-state index in [1.165, 1.54) is 30.8 Å². The molecule has 1 aliphatic heterocycles. The lowest BCUT2D eigenvalue weighted by molar-refractivity contribution is -0.384. The molecule has 0 bridgehead atoms. The molecule has 130 valence electrons. The number of rotatable bonds is 5. The van der Waals surface area contributed by atoms with Crippen LogP contribution in [-0.2, 0) is 4.79 Å². The number of nitrogens with zero attached hydrogens (tertiary/aromatic N) is 3. The van der Waals surface area contributed by atoms with Gasteiger partial charge in [-0.15, -0.1) is 11.8 Å². The molecule has 0 saturated heterocycles. The highest BCUT2D eigenvalue weighted by atomic mass is 32.2. The van der Waals surface area contributed by atoms with Crippen molar-refractivity contribution in [2.75, 3.05) is 5.75 Å². The molecule has 1 aromatic carbocycles. The molecule has 2 atom stereocenters. The van der Waals surface area contributed by atoms with Gasteiger partial charge in [0.05, 0.1) is 16.0 Å². The average Bonchev–Trinajstić information content (AvgIpc) is 2.58. The fraction of sp³-hybridized carbons (Fsp3) is 0.389. The molecule has 0 amide bonds. The van der Waals surface area contributed by atoms with Gasteiger partial charge in [0.15, 0.2) is 5.78 Å². The monoisotopic (exact) mass is 357 g/mol. The van der Waals surface area contributed by atoms with Crippen molar-refractivity contribution in [1.82, 2.24) is 0 Å². The van der Waals surface area contributed by atoms with Gasteiger partial charge < -0.3 is 0 Å². The molecule has 25 heavy (non-hydrogen) atoms. The number of nitro groups is 1. The van der Waals surface area contributed by atoms with Crippen LogP contribution < -0.4 is 0 Å². The molecule has 0 radical (unpaired) electrons. The molecule has 7 heteroatoms. The maximum Gasteiger partial charge on any atom is 0.269 e. The van der Waals surface area contributed by atoms with Crippen LogP contribution >= 0.6 is 11.8 Å². The van der Waals surface area contributed by atoms with Crippen molar-refractivity contribution in [3.63, 3.8) is 0 Å². The van der Waals surface area contributed by atoms with E-state index in [9.17, 15) is 20.2 Å². The van der Waals surface area contributed by atoms with Crippen LogP contribution in [0.25, 0.3) is 0 Å². The molecule has 1 heterocycles.